The van der Waals surface area contributed by atoms with Crippen molar-refractivity contribution in [1.29, 1.82) is 0 Å². The predicted octanol–water partition coefficient (Wildman–Crippen LogP) is 2.77. The van der Waals surface area contributed by atoms with E-state index in [2.05, 4.69) is 56.1 Å². The summed E-state index contributed by atoms with van der Waals surface area (Å²) in [6, 6.07) is 6.63. The first-order valence-electron chi connectivity index (χ1n) is 6.13. The largest absolute Gasteiger partial charge is 0.306 e. The normalized spacial score (nSPS) is 9.69. The summed E-state index contributed by atoms with van der Waals surface area (Å²) < 4.78 is 0. The molecular formula is C15H21N. The molecule has 86 valence electrons. The number of hydrogen-bond donors (Lipinski definition) is 1. The van der Waals surface area contributed by atoms with Gasteiger partial charge in [-0.05, 0) is 36.6 Å². The lowest BCUT2D eigenvalue weighted by Crippen LogP contribution is -2.11. The van der Waals surface area contributed by atoms with Gasteiger partial charge in [0.1, 0.15) is 0 Å². The predicted molar refractivity (Wildman–Crippen MR) is 70.6 cm³/mol. The smallest absolute Gasteiger partial charge is 0.0580 e. The van der Waals surface area contributed by atoms with Gasteiger partial charge in [-0.15, -0.1) is 0 Å². The highest BCUT2D eigenvalue weighted by molar-refractivity contribution is 5.44. The molecule has 0 unspecified atom stereocenters. The third-order valence-corrected chi connectivity index (χ3v) is 2.65. The van der Waals surface area contributed by atoms with Gasteiger partial charge in [-0.2, -0.15) is 0 Å². The van der Waals surface area contributed by atoms with Crippen LogP contribution in [0.4, 0.5) is 0 Å². The van der Waals surface area contributed by atoms with Gasteiger partial charge in [0.25, 0.3) is 0 Å². The lowest BCUT2D eigenvalue weighted by atomic mass is 10.0. The average Bonchev–Trinajstić information content (AvgIpc) is 2.34. The minimum atomic E-state index is 0.774. The Bertz CT molecular complexity index is 382. The number of rotatable bonds is 4. The van der Waals surface area contributed by atoms with E-state index in [0.717, 1.165) is 25.9 Å². The lowest BCUT2D eigenvalue weighted by molar-refractivity contribution is 0.811. The molecule has 0 amide bonds. The Kier molecular flexibility index (Phi) is 5.67. The molecule has 0 atom stereocenters. The van der Waals surface area contributed by atoms with E-state index in [0.29, 0.717) is 0 Å². The van der Waals surface area contributed by atoms with Crippen LogP contribution in [0.2, 0.25) is 0 Å². The molecule has 1 aromatic carbocycles. The Hall–Kier alpha value is -1.26. The van der Waals surface area contributed by atoms with Gasteiger partial charge in [0.05, 0.1) is 6.54 Å². The molecule has 0 spiro atoms. The van der Waals surface area contributed by atoms with E-state index < -0.39 is 0 Å². The van der Waals surface area contributed by atoms with Gasteiger partial charge >= 0.3 is 0 Å². The molecule has 0 saturated heterocycles. The van der Waals surface area contributed by atoms with Gasteiger partial charge in [-0.25, -0.2) is 0 Å². The first-order chi connectivity index (χ1) is 7.81. The summed E-state index contributed by atoms with van der Waals surface area (Å²) in [5.41, 5.74) is 3.91. The first kappa shape index (κ1) is 12.8. The fourth-order valence-corrected chi connectivity index (χ4v) is 1.60. The van der Waals surface area contributed by atoms with Crippen LogP contribution in [-0.4, -0.2) is 13.1 Å². The molecule has 0 aromatic heterocycles. The highest BCUT2D eigenvalue weighted by Crippen LogP contribution is 2.12. The van der Waals surface area contributed by atoms with Crippen LogP contribution in [0.5, 0.6) is 0 Å². The van der Waals surface area contributed by atoms with Gasteiger partial charge in [0, 0.05) is 5.56 Å². The van der Waals surface area contributed by atoms with Crippen LogP contribution < -0.4 is 5.32 Å². The Labute approximate surface area is 99.3 Å². The van der Waals surface area contributed by atoms with Gasteiger partial charge in [-0.3, -0.25) is 0 Å². The molecule has 1 N–H and O–H groups in total. The van der Waals surface area contributed by atoms with Crippen molar-refractivity contribution in [1.82, 2.24) is 5.32 Å². The molecule has 0 aliphatic carbocycles. The Morgan fingerprint density at radius 1 is 1.12 bits per heavy atom. The van der Waals surface area contributed by atoms with Gasteiger partial charge in [0.15, 0.2) is 0 Å². The molecule has 1 rings (SSSR count). The number of nitrogens with one attached hydrogen (secondary N) is 1. The van der Waals surface area contributed by atoms with Gasteiger partial charge in [0.2, 0.25) is 0 Å². The van der Waals surface area contributed by atoms with E-state index in [4.69, 9.17) is 0 Å². The zero-order valence-electron chi connectivity index (χ0n) is 10.6. The summed E-state index contributed by atoms with van der Waals surface area (Å²) in [6.07, 6.45) is 2.13. The summed E-state index contributed by atoms with van der Waals surface area (Å²) in [4.78, 5) is 0. The van der Waals surface area contributed by atoms with Gasteiger partial charge < -0.3 is 5.32 Å². The summed E-state index contributed by atoms with van der Waals surface area (Å²) >= 11 is 0. The van der Waals surface area contributed by atoms with Crippen molar-refractivity contribution < 1.29 is 0 Å². The average molecular weight is 215 g/mol. The third-order valence-electron chi connectivity index (χ3n) is 2.65. The monoisotopic (exact) mass is 215 g/mol. The maximum absolute atomic E-state index is 3.26. The first-order valence-corrected chi connectivity index (χ1v) is 6.13. The summed E-state index contributed by atoms with van der Waals surface area (Å²) in [5, 5.41) is 3.21. The minimum absolute atomic E-state index is 0.774. The van der Waals surface area contributed by atoms with Crippen LogP contribution in [0.1, 0.15) is 37.5 Å². The quantitative estimate of drug-likeness (QED) is 0.601. The fourth-order valence-electron chi connectivity index (χ4n) is 1.60. The van der Waals surface area contributed by atoms with Crippen molar-refractivity contribution >= 4 is 0 Å². The Balaban J connectivity index is 2.85. The highest BCUT2D eigenvalue weighted by atomic mass is 14.8. The molecule has 0 aliphatic heterocycles. The zero-order chi connectivity index (χ0) is 11.8. The molecule has 0 fully saturated rings. The molecule has 0 aliphatic rings. The second-order valence-corrected chi connectivity index (χ2v) is 3.78. The standard InChI is InChI=1S/C15H21N/c1-4-13-9-10-14(5-2)15(12-13)8-7-11-16-6-3/h9-10,12,16H,4-6,11H2,1-3H3. The summed E-state index contributed by atoms with van der Waals surface area (Å²) in [5.74, 6) is 6.43. The van der Waals surface area contributed by atoms with Crippen LogP contribution >= 0.6 is 0 Å². The molecule has 1 heteroatoms. The van der Waals surface area contributed by atoms with Crippen LogP contribution in [0.3, 0.4) is 0 Å². The van der Waals surface area contributed by atoms with E-state index >= 15 is 0 Å². The van der Waals surface area contributed by atoms with Crippen molar-refractivity contribution in [3.05, 3.63) is 34.9 Å². The number of benzene rings is 1. The minimum Gasteiger partial charge on any atom is -0.306 e. The second kappa shape index (κ2) is 7.09. The highest BCUT2D eigenvalue weighted by Gasteiger charge is 1.98. The molecular weight excluding hydrogens is 194 g/mol. The Morgan fingerprint density at radius 3 is 2.56 bits per heavy atom. The number of hydrogen-bond acceptors (Lipinski definition) is 1. The molecule has 0 bridgehead atoms. The lowest BCUT2D eigenvalue weighted by Gasteiger charge is -2.04. The molecule has 0 heterocycles. The summed E-state index contributed by atoms with van der Waals surface area (Å²) in [7, 11) is 0. The SMILES string of the molecule is CCNCC#Cc1cc(CC)ccc1CC. The van der Waals surface area contributed by atoms with Crippen molar-refractivity contribution in [2.45, 2.75) is 33.6 Å². The van der Waals surface area contributed by atoms with Crippen molar-refractivity contribution in [3.8, 4) is 11.8 Å². The maximum Gasteiger partial charge on any atom is 0.0580 e. The molecule has 16 heavy (non-hydrogen) atoms. The molecule has 0 radical (unpaired) electrons. The summed E-state index contributed by atoms with van der Waals surface area (Å²) in [6.45, 7) is 8.20. The van der Waals surface area contributed by atoms with E-state index in [1.807, 2.05) is 0 Å². The van der Waals surface area contributed by atoms with Crippen LogP contribution in [0.25, 0.3) is 0 Å². The van der Waals surface area contributed by atoms with Crippen LogP contribution in [0.15, 0.2) is 18.2 Å². The molecule has 0 saturated carbocycles. The van der Waals surface area contributed by atoms with E-state index in [1.54, 1.807) is 0 Å². The Morgan fingerprint density at radius 2 is 1.94 bits per heavy atom. The number of aryl methyl sites for hydroxylation is 2. The second-order valence-electron chi connectivity index (χ2n) is 3.78. The van der Waals surface area contributed by atoms with Crippen molar-refractivity contribution in [2.75, 3.05) is 13.1 Å². The topological polar surface area (TPSA) is 12.0 Å². The molecule has 1 aromatic rings. The van der Waals surface area contributed by atoms with E-state index in [9.17, 15) is 0 Å². The van der Waals surface area contributed by atoms with Crippen LogP contribution in [0, 0.1) is 11.8 Å². The maximum atomic E-state index is 3.26. The van der Waals surface area contributed by atoms with E-state index in [1.165, 1.54) is 16.7 Å². The molecule has 1 nitrogen and oxygen atoms in total. The fraction of sp³-hybridized carbons (Fsp3) is 0.467. The third kappa shape index (κ3) is 3.72. The zero-order valence-corrected chi connectivity index (χ0v) is 10.6. The van der Waals surface area contributed by atoms with Crippen molar-refractivity contribution in [2.24, 2.45) is 0 Å². The van der Waals surface area contributed by atoms with E-state index in [-0.39, 0.29) is 0 Å². The van der Waals surface area contributed by atoms with Gasteiger partial charge in [-0.1, -0.05) is 44.7 Å². The van der Waals surface area contributed by atoms with Crippen LogP contribution in [-0.2, 0) is 12.8 Å². The van der Waals surface area contributed by atoms with Crippen molar-refractivity contribution in [3.63, 3.8) is 0 Å².